The molecule has 0 aliphatic rings. The molecule has 1 heterocycles. The number of pyridine rings is 1. The minimum Gasteiger partial charge on any atom is -0.388 e. The predicted octanol–water partition coefficient (Wildman–Crippen LogP) is 3.79. The van der Waals surface area contributed by atoms with Crippen LogP contribution in [0.25, 0.3) is 0 Å². The Morgan fingerprint density at radius 1 is 1.05 bits per heavy atom. The normalized spacial score (nSPS) is 12.7. The second-order valence-electron chi connectivity index (χ2n) is 5.41. The Hall–Kier alpha value is -1.67. The lowest BCUT2D eigenvalue weighted by atomic mass is 9.98. The zero-order valence-electron chi connectivity index (χ0n) is 11.8. The van der Waals surface area contributed by atoms with Gasteiger partial charge in [-0.25, -0.2) is 0 Å². The van der Waals surface area contributed by atoms with Crippen LogP contribution in [-0.2, 0) is 6.42 Å². The maximum absolute atomic E-state index is 10.2. The quantitative estimate of drug-likeness (QED) is 0.901. The molecule has 0 fully saturated rings. The maximum Gasteiger partial charge on any atom is 0.0845 e. The lowest BCUT2D eigenvalue weighted by Crippen LogP contribution is -2.03. The molecule has 2 nitrogen and oxygen atoms in total. The van der Waals surface area contributed by atoms with E-state index in [0.29, 0.717) is 12.3 Å². The van der Waals surface area contributed by atoms with Crippen molar-refractivity contribution in [3.63, 3.8) is 0 Å². The molecule has 0 saturated heterocycles. The van der Waals surface area contributed by atoms with Crippen LogP contribution in [0.1, 0.15) is 48.1 Å². The molecule has 2 aromatic rings. The first kappa shape index (κ1) is 13.8. The first-order chi connectivity index (χ1) is 9.06. The van der Waals surface area contributed by atoms with Gasteiger partial charge in [0.05, 0.1) is 6.10 Å². The fraction of sp³-hybridized carbons (Fsp3) is 0.353. The summed E-state index contributed by atoms with van der Waals surface area (Å²) in [5, 5.41) is 10.2. The van der Waals surface area contributed by atoms with Crippen molar-refractivity contribution in [2.75, 3.05) is 0 Å². The van der Waals surface area contributed by atoms with Gasteiger partial charge in [-0.2, -0.15) is 0 Å². The second kappa shape index (κ2) is 5.98. The smallest absolute Gasteiger partial charge is 0.0845 e. The number of hydrogen-bond donors (Lipinski definition) is 1. The summed E-state index contributed by atoms with van der Waals surface area (Å²) in [5.41, 5.74) is 4.44. The van der Waals surface area contributed by atoms with E-state index in [9.17, 15) is 5.11 Å². The monoisotopic (exact) mass is 255 g/mol. The summed E-state index contributed by atoms with van der Waals surface area (Å²) in [6.45, 7) is 6.35. The molecule has 2 heteroatoms. The fourth-order valence-corrected chi connectivity index (χ4v) is 2.14. The van der Waals surface area contributed by atoms with Gasteiger partial charge in [0.1, 0.15) is 0 Å². The van der Waals surface area contributed by atoms with Crippen molar-refractivity contribution >= 4 is 0 Å². The summed E-state index contributed by atoms with van der Waals surface area (Å²) in [7, 11) is 0. The molecule has 1 N–H and O–H groups in total. The number of aromatic nitrogens is 1. The highest BCUT2D eigenvalue weighted by Gasteiger charge is 2.09. The summed E-state index contributed by atoms with van der Waals surface area (Å²) < 4.78 is 0. The Morgan fingerprint density at radius 2 is 1.74 bits per heavy atom. The Bertz CT molecular complexity index is 531. The second-order valence-corrected chi connectivity index (χ2v) is 5.41. The number of hydrogen-bond acceptors (Lipinski definition) is 2. The van der Waals surface area contributed by atoms with E-state index < -0.39 is 6.10 Å². The third kappa shape index (κ3) is 3.65. The highest BCUT2D eigenvalue weighted by atomic mass is 16.3. The van der Waals surface area contributed by atoms with Crippen molar-refractivity contribution in [3.05, 3.63) is 65.0 Å². The van der Waals surface area contributed by atoms with Crippen molar-refractivity contribution in [2.24, 2.45) is 0 Å². The highest BCUT2D eigenvalue weighted by Crippen LogP contribution is 2.20. The van der Waals surface area contributed by atoms with E-state index in [1.165, 1.54) is 5.56 Å². The Balaban J connectivity index is 2.08. The van der Waals surface area contributed by atoms with Crippen molar-refractivity contribution in [1.82, 2.24) is 4.98 Å². The topological polar surface area (TPSA) is 33.1 Å². The van der Waals surface area contributed by atoms with E-state index in [1.807, 2.05) is 13.0 Å². The number of aliphatic hydroxyl groups excluding tert-OH is 1. The van der Waals surface area contributed by atoms with E-state index in [4.69, 9.17) is 0 Å². The standard InChI is InChI=1S/C17H21NO/c1-12(2)15-6-4-14(5-7-15)9-17(19)16-8-13(3)10-18-11-16/h4-8,10-12,17,19H,9H2,1-3H3. The molecule has 19 heavy (non-hydrogen) atoms. The molecular weight excluding hydrogens is 234 g/mol. The molecule has 0 saturated carbocycles. The van der Waals surface area contributed by atoms with E-state index in [1.54, 1.807) is 12.4 Å². The number of aryl methyl sites for hydroxylation is 1. The summed E-state index contributed by atoms with van der Waals surface area (Å²) in [4.78, 5) is 4.12. The fourth-order valence-electron chi connectivity index (χ4n) is 2.14. The van der Waals surface area contributed by atoms with Crippen LogP contribution < -0.4 is 0 Å². The average Bonchev–Trinajstić information content (AvgIpc) is 2.39. The molecule has 0 amide bonds. The van der Waals surface area contributed by atoms with Gasteiger partial charge in [-0.3, -0.25) is 4.98 Å². The van der Waals surface area contributed by atoms with Crippen LogP contribution in [0.15, 0.2) is 42.7 Å². The number of nitrogens with zero attached hydrogens (tertiary/aromatic N) is 1. The van der Waals surface area contributed by atoms with E-state index >= 15 is 0 Å². The van der Waals surface area contributed by atoms with Crippen LogP contribution in [0.3, 0.4) is 0 Å². The van der Waals surface area contributed by atoms with Crippen LogP contribution in [0.4, 0.5) is 0 Å². The van der Waals surface area contributed by atoms with Gasteiger partial charge in [0, 0.05) is 18.8 Å². The molecule has 0 radical (unpaired) electrons. The van der Waals surface area contributed by atoms with Gasteiger partial charge in [-0.15, -0.1) is 0 Å². The van der Waals surface area contributed by atoms with Crippen molar-refractivity contribution in [1.29, 1.82) is 0 Å². The van der Waals surface area contributed by atoms with Gasteiger partial charge in [0.25, 0.3) is 0 Å². The molecule has 0 aliphatic carbocycles. The number of rotatable bonds is 4. The third-order valence-electron chi connectivity index (χ3n) is 3.36. The van der Waals surface area contributed by atoms with Gasteiger partial charge in [-0.1, -0.05) is 44.2 Å². The van der Waals surface area contributed by atoms with Gasteiger partial charge < -0.3 is 5.11 Å². The zero-order valence-corrected chi connectivity index (χ0v) is 11.8. The molecule has 0 bridgehead atoms. The first-order valence-corrected chi connectivity index (χ1v) is 6.74. The van der Waals surface area contributed by atoms with Gasteiger partial charge in [0.15, 0.2) is 0 Å². The van der Waals surface area contributed by atoms with Gasteiger partial charge in [0.2, 0.25) is 0 Å². The largest absolute Gasteiger partial charge is 0.388 e. The molecule has 1 atom stereocenters. The molecule has 2 rings (SSSR count). The zero-order chi connectivity index (χ0) is 13.8. The lowest BCUT2D eigenvalue weighted by Gasteiger charge is -2.12. The molecule has 1 aromatic carbocycles. The molecule has 0 spiro atoms. The van der Waals surface area contributed by atoms with Crippen molar-refractivity contribution in [2.45, 2.75) is 39.2 Å². The minimum atomic E-state index is -0.489. The molecule has 0 aliphatic heterocycles. The summed E-state index contributed by atoms with van der Waals surface area (Å²) >= 11 is 0. The van der Waals surface area contributed by atoms with Gasteiger partial charge in [-0.05, 0) is 35.1 Å². The lowest BCUT2D eigenvalue weighted by molar-refractivity contribution is 0.178. The average molecular weight is 255 g/mol. The Morgan fingerprint density at radius 3 is 2.32 bits per heavy atom. The molecule has 1 aromatic heterocycles. The number of benzene rings is 1. The van der Waals surface area contributed by atoms with Crippen LogP contribution >= 0.6 is 0 Å². The van der Waals surface area contributed by atoms with Crippen LogP contribution in [0, 0.1) is 6.92 Å². The summed E-state index contributed by atoms with van der Waals surface area (Å²) in [5.74, 6) is 0.542. The Kier molecular flexibility index (Phi) is 4.33. The SMILES string of the molecule is Cc1cncc(C(O)Cc2ccc(C(C)C)cc2)c1. The number of aliphatic hydroxyl groups is 1. The summed E-state index contributed by atoms with van der Waals surface area (Å²) in [6, 6.07) is 10.5. The first-order valence-electron chi connectivity index (χ1n) is 6.74. The summed E-state index contributed by atoms with van der Waals surface area (Å²) in [6.07, 6.45) is 3.68. The van der Waals surface area contributed by atoms with Crippen LogP contribution in [-0.4, -0.2) is 10.1 Å². The Labute approximate surface area is 115 Å². The predicted molar refractivity (Wildman–Crippen MR) is 78.2 cm³/mol. The van der Waals surface area contributed by atoms with E-state index in [0.717, 1.165) is 16.7 Å². The maximum atomic E-state index is 10.2. The van der Waals surface area contributed by atoms with Crippen molar-refractivity contribution in [3.8, 4) is 0 Å². The van der Waals surface area contributed by atoms with Crippen LogP contribution in [0.2, 0.25) is 0 Å². The molecule has 1 unspecified atom stereocenters. The van der Waals surface area contributed by atoms with Crippen LogP contribution in [0.5, 0.6) is 0 Å². The molecular formula is C17H21NO. The highest BCUT2D eigenvalue weighted by molar-refractivity contribution is 5.27. The third-order valence-corrected chi connectivity index (χ3v) is 3.36. The molecule has 100 valence electrons. The minimum absolute atomic E-state index is 0.489. The van der Waals surface area contributed by atoms with Gasteiger partial charge >= 0.3 is 0 Å². The van der Waals surface area contributed by atoms with E-state index in [2.05, 4.69) is 43.1 Å². The van der Waals surface area contributed by atoms with Crippen molar-refractivity contribution < 1.29 is 5.11 Å². The van der Waals surface area contributed by atoms with E-state index in [-0.39, 0.29) is 0 Å².